The molecule has 1 aromatic rings. The largest absolute Gasteiger partial charge is 0.378 e. The molecule has 0 fully saturated rings. The van der Waals surface area contributed by atoms with Crippen LogP contribution in [-0.2, 0) is 18.6 Å². The van der Waals surface area contributed by atoms with Crippen molar-refractivity contribution in [3.05, 3.63) is 35.9 Å². The highest BCUT2D eigenvalue weighted by Gasteiger charge is 2.41. The second kappa shape index (κ2) is 6.12. The summed E-state index contributed by atoms with van der Waals surface area (Å²) in [5.41, 5.74) is 0.949. The van der Waals surface area contributed by atoms with Gasteiger partial charge in [-0.3, -0.25) is 0 Å². The molecule has 0 radical (unpaired) electrons. The molecule has 0 aliphatic heterocycles. The van der Waals surface area contributed by atoms with E-state index in [1.165, 1.54) is 14.2 Å². The first-order chi connectivity index (χ1) is 7.74. The minimum atomic E-state index is -1.16. The van der Waals surface area contributed by atoms with E-state index in [1.54, 1.807) is 7.11 Å². The molecule has 0 amide bonds. The van der Waals surface area contributed by atoms with Gasteiger partial charge in [0, 0.05) is 21.3 Å². The Morgan fingerprint density at radius 2 is 1.62 bits per heavy atom. The summed E-state index contributed by atoms with van der Waals surface area (Å²) in [4.78, 5) is 0. The monoisotopic (exact) mass is 242 g/mol. The van der Waals surface area contributed by atoms with Gasteiger partial charge in [0.15, 0.2) is 16.6 Å². The lowest BCUT2D eigenvalue weighted by atomic mass is 10.1. The van der Waals surface area contributed by atoms with E-state index in [1.807, 2.05) is 30.3 Å². The molecule has 1 aromatic carbocycles. The minimum absolute atomic E-state index is 0.416. The third kappa shape index (κ3) is 2.50. The van der Waals surface area contributed by atoms with Crippen LogP contribution in [0.1, 0.15) is 11.7 Å². The molecule has 0 aromatic heterocycles. The first-order valence-corrected chi connectivity index (χ1v) is 5.79. The van der Waals surface area contributed by atoms with Crippen molar-refractivity contribution >= 4 is 10.5 Å². The Balaban J connectivity index is 3.05. The van der Waals surface area contributed by atoms with Crippen molar-refractivity contribution in [1.29, 1.82) is 0 Å². The highest BCUT2D eigenvalue weighted by atomic mass is 28.2. The molecule has 0 heterocycles. The van der Waals surface area contributed by atoms with Crippen molar-refractivity contribution < 1.29 is 18.6 Å². The van der Waals surface area contributed by atoms with E-state index >= 15 is 0 Å². The SMILES string of the molecule is COC(c1ccccc1)C(OC)(OC)O[SiH3]. The van der Waals surface area contributed by atoms with Gasteiger partial charge in [0.05, 0.1) is 0 Å². The number of hydrogen-bond donors (Lipinski definition) is 0. The van der Waals surface area contributed by atoms with Crippen LogP contribution in [0.25, 0.3) is 0 Å². The zero-order valence-corrected chi connectivity index (χ0v) is 12.1. The number of hydrogen-bond acceptors (Lipinski definition) is 4. The third-order valence-corrected chi connectivity index (χ3v) is 3.08. The lowest BCUT2D eigenvalue weighted by Gasteiger charge is -2.35. The molecular formula is C11H18O4Si. The maximum absolute atomic E-state index is 5.42. The van der Waals surface area contributed by atoms with Gasteiger partial charge >= 0.3 is 5.97 Å². The van der Waals surface area contributed by atoms with Crippen LogP contribution >= 0.6 is 0 Å². The fraction of sp³-hybridized carbons (Fsp3) is 0.455. The zero-order chi connectivity index (χ0) is 12.0. The van der Waals surface area contributed by atoms with Crippen molar-refractivity contribution in [2.24, 2.45) is 0 Å². The molecule has 4 nitrogen and oxygen atoms in total. The third-order valence-electron chi connectivity index (χ3n) is 2.51. The predicted molar refractivity (Wildman–Crippen MR) is 64.0 cm³/mol. The highest BCUT2D eigenvalue weighted by molar-refractivity contribution is 5.98. The van der Waals surface area contributed by atoms with E-state index in [0.717, 1.165) is 5.56 Å². The molecule has 0 aliphatic carbocycles. The number of rotatable bonds is 6. The number of ether oxygens (including phenoxy) is 3. The Kier molecular flexibility index (Phi) is 5.10. The molecule has 1 rings (SSSR count). The number of methoxy groups -OCH3 is 3. The number of benzene rings is 1. The Hall–Kier alpha value is -0.723. The minimum Gasteiger partial charge on any atom is -0.378 e. The van der Waals surface area contributed by atoms with Crippen molar-refractivity contribution in [3.63, 3.8) is 0 Å². The van der Waals surface area contributed by atoms with Crippen LogP contribution in [0.4, 0.5) is 0 Å². The summed E-state index contributed by atoms with van der Waals surface area (Å²) in [5.74, 6) is -1.16. The van der Waals surface area contributed by atoms with Crippen LogP contribution in [0, 0.1) is 0 Å². The molecular weight excluding hydrogens is 224 g/mol. The first kappa shape index (κ1) is 13.3. The Morgan fingerprint density at radius 3 is 2.00 bits per heavy atom. The summed E-state index contributed by atoms with van der Waals surface area (Å²) in [7, 11) is 5.17. The van der Waals surface area contributed by atoms with Gasteiger partial charge in [-0.2, -0.15) is 0 Å². The Morgan fingerprint density at radius 1 is 1.06 bits per heavy atom. The molecule has 0 bridgehead atoms. The molecule has 0 saturated heterocycles. The second-order valence-electron chi connectivity index (χ2n) is 3.24. The molecule has 0 saturated carbocycles. The van der Waals surface area contributed by atoms with Gasteiger partial charge in [-0.1, -0.05) is 30.3 Å². The molecule has 0 spiro atoms. The van der Waals surface area contributed by atoms with Crippen molar-refractivity contribution in [3.8, 4) is 0 Å². The van der Waals surface area contributed by atoms with Crippen LogP contribution in [0.3, 0.4) is 0 Å². The fourth-order valence-corrected chi connectivity index (χ4v) is 2.23. The summed E-state index contributed by atoms with van der Waals surface area (Å²) < 4.78 is 21.5. The summed E-state index contributed by atoms with van der Waals surface area (Å²) in [5, 5.41) is 0. The van der Waals surface area contributed by atoms with E-state index in [2.05, 4.69) is 0 Å². The van der Waals surface area contributed by atoms with Crippen molar-refractivity contribution in [2.75, 3.05) is 21.3 Å². The van der Waals surface area contributed by atoms with Gasteiger partial charge in [-0.15, -0.1) is 0 Å². The average molecular weight is 242 g/mol. The first-order valence-electron chi connectivity index (χ1n) is 4.97. The fourth-order valence-electron chi connectivity index (χ4n) is 1.68. The maximum atomic E-state index is 5.42. The zero-order valence-electron chi connectivity index (χ0n) is 10.1. The highest BCUT2D eigenvalue weighted by Crippen LogP contribution is 2.32. The summed E-state index contributed by atoms with van der Waals surface area (Å²) >= 11 is 0. The van der Waals surface area contributed by atoms with Crippen LogP contribution in [0.5, 0.6) is 0 Å². The lowest BCUT2D eigenvalue weighted by molar-refractivity contribution is -0.368. The van der Waals surface area contributed by atoms with E-state index in [9.17, 15) is 0 Å². The van der Waals surface area contributed by atoms with Gasteiger partial charge in [0.2, 0.25) is 0 Å². The van der Waals surface area contributed by atoms with Crippen LogP contribution < -0.4 is 0 Å². The molecule has 1 unspecified atom stereocenters. The van der Waals surface area contributed by atoms with Gasteiger partial charge in [0.1, 0.15) is 0 Å². The van der Waals surface area contributed by atoms with Crippen molar-refractivity contribution in [1.82, 2.24) is 0 Å². The summed E-state index contributed by atoms with van der Waals surface area (Å²) in [6, 6.07) is 9.71. The van der Waals surface area contributed by atoms with Gasteiger partial charge < -0.3 is 18.6 Å². The summed E-state index contributed by atoms with van der Waals surface area (Å²) in [6.07, 6.45) is -0.416. The normalized spacial score (nSPS) is 13.9. The Labute approximate surface area is 99.0 Å². The standard InChI is InChI=1S/C11H18O4Si/c1-12-10(9-7-5-4-6-8-9)11(13-2,14-3)15-16/h4-8,10H,1-3,16H3. The van der Waals surface area contributed by atoms with Crippen molar-refractivity contribution in [2.45, 2.75) is 12.1 Å². The topological polar surface area (TPSA) is 36.9 Å². The van der Waals surface area contributed by atoms with Crippen LogP contribution in [-0.4, -0.2) is 37.8 Å². The quantitative estimate of drug-likeness (QED) is 0.541. The van der Waals surface area contributed by atoms with E-state index in [-0.39, 0.29) is 0 Å². The lowest BCUT2D eigenvalue weighted by Crippen LogP contribution is -2.43. The van der Waals surface area contributed by atoms with Crippen LogP contribution in [0.2, 0.25) is 0 Å². The van der Waals surface area contributed by atoms with Crippen LogP contribution in [0.15, 0.2) is 30.3 Å². The van der Waals surface area contributed by atoms with Gasteiger partial charge in [-0.05, 0) is 5.56 Å². The molecule has 16 heavy (non-hydrogen) atoms. The van der Waals surface area contributed by atoms with Gasteiger partial charge in [-0.25, -0.2) is 0 Å². The smallest absolute Gasteiger partial charge is 0.304 e. The van der Waals surface area contributed by atoms with E-state index < -0.39 is 12.1 Å². The van der Waals surface area contributed by atoms with Gasteiger partial charge in [0.25, 0.3) is 0 Å². The second-order valence-corrected chi connectivity index (χ2v) is 3.65. The average Bonchev–Trinajstić information content (AvgIpc) is 2.37. The molecule has 0 N–H and O–H groups in total. The maximum Gasteiger partial charge on any atom is 0.304 e. The molecule has 90 valence electrons. The summed E-state index contributed by atoms with van der Waals surface area (Å²) in [6.45, 7) is 0. The Bertz CT molecular complexity index is 292. The predicted octanol–water partition coefficient (Wildman–Crippen LogP) is 0.618. The molecule has 1 atom stereocenters. The molecule has 5 heteroatoms. The van der Waals surface area contributed by atoms with E-state index in [4.69, 9.17) is 18.6 Å². The molecule has 0 aliphatic rings. The van der Waals surface area contributed by atoms with E-state index in [0.29, 0.717) is 10.5 Å².